The van der Waals surface area contributed by atoms with Crippen LogP contribution in [0.2, 0.25) is 0 Å². The minimum atomic E-state index is 0. The molecule has 2 heterocycles. The zero-order valence-corrected chi connectivity index (χ0v) is 18.9. The molecule has 2 aromatic rings. The number of aliphatic imine (C=N–C) groups is 1. The van der Waals surface area contributed by atoms with E-state index in [0.29, 0.717) is 12.5 Å². The summed E-state index contributed by atoms with van der Waals surface area (Å²) in [4.78, 5) is 7.24. The molecule has 0 amide bonds. The number of nitrogens with one attached hydrogen (secondary N) is 1. The van der Waals surface area contributed by atoms with Crippen LogP contribution in [0.15, 0.2) is 35.3 Å². The van der Waals surface area contributed by atoms with E-state index in [-0.39, 0.29) is 24.0 Å². The largest absolute Gasteiger partial charge is 0.356 e. The first-order valence-electron chi connectivity index (χ1n) is 9.62. The summed E-state index contributed by atoms with van der Waals surface area (Å²) < 4.78 is 2.00. The number of guanidine groups is 1. The van der Waals surface area contributed by atoms with Gasteiger partial charge in [-0.3, -0.25) is 0 Å². The van der Waals surface area contributed by atoms with Crippen molar-refractivity contribution in [1.29, 1.82) is 0 Å². The first-order chi connectivity index (χ1) is 12.7. The van der Waals surface area contributed by atoms with Gasteiger partial charge >= 0.3 is 0 Å². The van der Waals surface area contributed by atoms with Crippen LogP contribution in [0.4, 0.5) is 0 Å². The lowest BCUT2D eigenvalue weighted by Crippen LogP contribution is -2.40. The molecule has 1 saturated heterocycles. The number of hydrogen-bond donors (Lipinski definition) is 1. The van der Waals surface area contributed by atoms with E-state index in [9.17, 15) is 0 Å². The van der Waals surface area contributed by atoms with Gasteiger partial charge in [-0.1, -0.05) is 43.7 Å². The highest BCUT2D eigenvalue weighted by atomic mass is 127. The van der Waals surface area contributed by atoms with Crippen molar-refractivity contribution >= 4 is 29.9 Å². The molecule has 1 fully saturated rings. The van der Waals surface area contributed by atoms with Crippen LogP contribution in [0, 0.1) is 6.92 Å². The molecule has 3 rings (SSSR count). The molecule has 0 radical (unpaired) electrons. The van der Waals surface area contributed by atoms with Gasteiger partial charge in [0.2, 0.25) is 0 Å². The number of hydrogen-bond acceptors (Lipinski definition) is 3. The summed E-state index contributed by atoms with van der Waals surface area (Å²) in [5.74, 6) is 3.39. The predicted molar refractivity (Wildman–Crippen MR) is 121 cm³/mol. The summed E-state index contributed by atoms with van der Waals surface area (Å²) in [5.41, 5.74) is 1.42. The molecule has 0 saturated carbocycles. The van der Waals surface area contributed by atoms with E-state index in [1.165, 1.54) is 18.4 Å². The third kappa shape index (κ3) is 5.67. The number of halogens is 1. The van der Waals surface area contributed by atoms with Crippen molar-refractivity contribution in [3.8, 4) is 0 Å². The Morgan fingerprint density at radius 3 is 2.70 bits per heavy atom. The highest BCUT2D eigenvalue weighted by molar-refractivity contribution is 14.0. The van der Waals surface area contributed by atoms with Crippen LogP contribution in [0.1, 0.15) is 49.3 Å². The summed E-state index contributed by atoms with van der Waals surface area (Å²) >= 11 is 0. The first-order valence-corrected chi connectivity index (χ1v) is 9.62. The topological polar surface area (TPSA) is 58.3 Å². The molecule has 0 aliphatic carbocycles. The molecule has 1 aliphatic heterocycles. The maximum Gasteiger partial charge on any atom is 0.194 e. The van der Waals surface area contributed by atoms with Crippen molar-refractivity contribution in [2.75, 3.05) is 19.6 Å². The smallest absolute Gasteiger partial charge is 0.194 e. The number of benzene rings is 1. The number of rotatable bonds is 6. The second-order valence-electron chi connectivity index (χ2n) is 6.98. The average Bonchev–Trinajstić information content (AvgIpc) is 3.27. The van der Waals surface area contributed by atoms with E-state index in [1.54, 1.807) is 0 Å². The van der Waals surface area contributed by atoms with Gasteiger partial charge in [-0.05, 0) is 25.3 Å². The second kappa shape index (κ2) is 10.6. The molecular formula is C20H31IN6. The molecule has 1 N–H and O–H groups in total. The van der Waals surface area contributed by atoms with Crippen LogP contribution in [0.5, 0.6) is 0 Å². The maximum atomic E-state index is 4.86. The molecule has 0 bridgehead atoms. The maximum absolute atomic E-state index is 4.86. The lowest BCUT2D eigenvalue weighted by molar-refractivity contribution is 0.481. The number of likely N-dealkylation sites (tertiary alicyclic amines) is 1. The molecule has 1 aromatic carbocycles. The van der Waals surface area contributed by atoms with Gasteiger partial charge in [0.25, 0.3) is 0 Å². The van der Waals surface area contributed by atoms with Gasteiger partial charge in [-0.25, -0.2) is 4.99 Å². The Bertz CT molecular complexity index is 727. The monoisotopic (exact) mass is 482 g/mol. The zero-order valence-electron chi connectivity index (χ0n) is 16.6. The Balaban J connectivity index is 0.00000261. The van der Waals surface area contributed by atoms with Gasteiger partial charge in [0, 0.05) is 32.6 Å². The SMILES string of the molecule is CCCCNC(=NCc1nnc(C)n1C)N1CCC(c2ccccc2)C1.I. The number of nitrogens with zero attached hydrogens (tertiary/aromatic N) is 5. The lowest BCUT2D eigenvalue weighted by atomic mass is 9.99. The van der Waals surface area contributed by atoms with E-state index in [1.807, 2.05) is 18.5 Å². The summed E-state index contributed by atoms with van der Waals surface area (Å²) in [6.07, 6.45) is 3.50. The number of unbranched alkanes of at least 4 members (excludes halogenated alkanes) is 1. The molecule has 6 nitrogen and oxygen atoms in total. The number of aromatic nitrogens is 3. The van der Waals surface area contributed by atoms with Crippen LogP contribution in [-0.2, 0) is 13.6 Å². The van der Waals surface area contributed by atoms with Crippen molar-refractivity contribution in [3.05, 3.63) is 47.5 Å². The average molecular weight is 482 g/mol. The van der Waals surface area contributed by atoms with Gasteiger partial charge in [-0.15, -0.1) is 34.2 Å². The highest BCUT2D eigenvalue weighted by Crippen LogP contribution is 2.26. The molecule has 1 aliphatic rings. The second-order valence-corrected chi connectivity index (χ2v) is 6.98. The van der Waals surface area contributed by atoms with Crippen molar-refractivity contribution in [2.45, 2.75) is 45.6 Å². The zero-order chi connectivity index (χ0) is 18.4. The van der Waals surface area contributed by atoms with E-state index in [4.69, 9.17) is 4.99 Å². The lowest BCUT2D eigenvalue weighted by Gasteiger charge is -2.22. The summed E-state index contributed by atoms with van der Waals surface area (Å²) in [6.45, 7) is 7.74. The molecule has 1 atom stereocenters. The number of aryl methyl sites for hydroxylation is 1. The minimum absolute atomic E-state index is 0. The van der Waals surface area contributed by atoms with Gasteiger partial charge in [0.1, 0.15) is 12.4 Å². The van der Waals surface area contributed by atoms with Crippen LogP contribution >= 0.6 is 24.0 Å². The van der Waals surface area contributed by atoms with Crippen molar-refractivity contribution in [2.24, 2.45) is 12.0 Å². The Kier molecular flexibility index (Phi) is 8.53. The minimum Gasteiger partial charge on any atom is -0.356 e. The Morgan fingerprint density at radius 2 is 2.04 bits per heavy atom. The fourth-order valence-corrected chi connectivity index (χ4v) is 3.33. The molecule has 1 aromatic heterocycles. The van der Waals surface area contributed by atoms with Crippen molar-refractivity contribution in [3.63, 3.8) is 0 Å². The van der Waals surface area contributed by atoms with Crippen LogP contribution in [-0.4, -0.2) is 45.3 Å². The summed E-state index contributed by atoms with van der Waals surface area (Å²) in [7, 11) is 1.99. The molecule has 148 valence electrons. The van der Waals surface area contributed by atoms with Gasteiger partial charge in [0.05, 0.1) is 0 Å². The van der Waals surface area contributed by atoms with E-state index in [2.05, 4.69) is 57.7 Å². The van der Waals surface area contributed by atoms with Crippen LogP contribution in [0.3, 0.4) is 0 Å². The standard InChI is InChI=1S/C20H30N6.HI/c1-4-5-12-21-20(22-14-19-24-23-16(2)25(19)3)26-13-11-18(15-26)17-9-7-6-8-10-17;/h6-10,18H,4-5,11-15H2,1-3H3,(H,21,22);1H. The molecule has 7 heteroatoms. The summed E-state index contributed by atoms with van der Waals surface area (Å²) in [5, 5.41) is 11.9. The predicted octanol–water partition coefficient (Wildman–Crippen LogP) is 3.48. The normalized spacial score (nSPS) is 17.1. The van der Waals surface area contributed by atoms with Crippen molar-refractivity contribution in [1.82, 2.24) is 25.0 Å². The fraction of sp³-hybridized carbons (Fsp3) is 0.550. The Hall–Kier alpha value is -1.64. The van der Waals surface area contributed by atoms with Gasteiger partial charge in [0.15, 0.2) is 11.8 Å². The van der Waals surface area contributed by atoms with Crippen LogP contribution < -0.4 is 5.32 Å². The third-order valence-corrected chi connectivity index (χ3v) is 5.13. The van der Waals surface area contributed by atoms with Gasteiger partial charge in [-0.2, -0.15) is 0 Å². The van der Waals surface area contributed by atoms with E-state index in [0.717, 1.165) is 43.7 Å². The Morgan fingerprint density at radius 1 is 1.26 bits per heavy atom. The van der Waals surface area contributed by atoms with E-state index < -0.39 is 0 Å². The molecule has 27 heavy (non-hydrogen) atoms. The quantitative estimate of drug-likeness (QED) is 0.297. The van der Waals surface area contributed by atoms with Crippen LogP contribution in [0.25, 0.3) is 0 Å². The Labute approximate surface area is 179 Å². The fourth-order valence-electron chi connectivity index (χ4n) is 3.33. The molecular weight excluding hydrogens is 451 g/mol. The highest BCUT2D eigenvalue weighted by Gasteiger charge is 2.26. The van der Waals surface area contributed by atoms with Gasteiger partial charge < -0.3 is 14.8 Å². The van der Waals surface area contributed by atoms with E-state index >= 15 is 0 Å². The summed E-state index contributed by atoms with van der Waals surface area (Å²) in [6, 6.07) is 10.8. The first kappa shape index (κ1) is 21.7. The molecule has 1 unspecified atom stereocenters. The molecule has 0 spiro atoms. The van der Waals surface area contributed by atoms with Crippen molar-refractivity contribution < 1.29 is 0 Å². The third-order valence-electron chi connectivity index (χ3n) is 5.13.